The Balaban J connectivity index is 2.66. The van der Waals surface area contributed by atoms with Crippen molar-refractivity contribution >= 4 is 5.97 Å². The second-order valence-electron chi connectivity index (χ2n) is 5.35. The fraction of sp³-hybridized carbons (Fsp3) is 0.294. The zero-order valence-corrected chi connectivity index (χ0v) is 13.8. The first-order valence-electron chi connectivity index (χ1n) is 7.34. The van der Waals surface area contributed by atoms with Gasteiger partial charge in [-0.25, -0.2) is 13.2 Å². The summed E-state index contributed by atoms with van der Waals surface area (Å²) in [5.74, 6) is -8.03. The minimum absolute atomic E-state index is 0.0169. The number of halogens is 3. The van der Waals surface area contributed by atoms with Gasteiger partial charge < -0.3 is 19.0 Å². The third kappa shape index (κ3) is 4.05. The van der Waals surface area contributed by atoms with E-state index in [9.17, 15) is 27.9 Å². The van der Waals surface area contributed by atoms with E-state index in [-0.39, 0.29) is 17.9 Å². The second-order valence-corrected chi connectivity index (χ2v) is 5.35. The Morgan fingerprint density at radius 1 is 1.19 bits per heavy atom. The Morgan fingerprint density at radius 2 is 1.81 bits per heavy atom. The van der Waals surface area contributed by atoms with Crippen LogP contribution in [0.1, 0.15) is 29.4 Å². The van der Waals surface area contributed by atoms with Gasteiger partial charge in [0.05, 0.1) is 19.4 Å². The summed E-state index contributed by atoms with van der Waals surface area (Å²) >= 11 is 0. The zero-order chi connectivity index (χ0) is 19.4. The number of hydrogen-bond donors (Lipinski definition) is 1. The smallest absolute Gasteiger partial charge is 0.306 e. The van der Waals surface area contributed by atoms with Gasteiger partial charge in [-0.1, -0.05) is 0 Å². The van der Waals surface area contributed by atoms with E-state index in [2.05, 4.69) is 4.74 Å². The van der Waals surface area contributed by atoms with Crippen molar-refractivity contribution in [3.8, 4) is 5.75 Å². The molecule has 0 aliphatic rings. The van der Waals surface area contributed by atoms with Crippen LogP contribution in [0.25, 0.3) is 0 Å². The van der Waals surface area contributed by atoms with Gasteiger partial charge in [0.15, 0.2) is 23.2 Å². The Labute approximate surface area is 145 Å². The van der Waals surface area contributed by atoms with Gasteiger partial charge in [0, 0.05) is 13.2 Å². The second kappa shape index (κ2) is 8.05. The molecule has 1 aromatic carbocycles. The van der Waals surface area contributed by atoms with Gasteiger partial charge in [-0.15, -0.1) is 0 Å². The largest absolute Gasteiger partial charge is 0.502 e. The maximum atomic E-state index is 13.6. The Hall–Kier alpha value is -2.81. The predicted octanol–water partition coefficient (Wildman–Crippen LogP) is 2.60. The van der Waals surface area contributed by atoms with Crippen LogP contribution in [0.15, 0.2) is 27.4 Å². The Kier molecular flexibility index (Phi) is 6.04. The fourth-order valence-electron chi connectivity index (χ4n) is 2.39. The molecule has 26 heavy (non-hydrogen) atoms. The summed E-state index contributed by atoms with van der Waals surface area (Å²) in [4.78, 5) is 23.6. The molecule has 0 saturated carbocycles. The number of rotatable bonds is 6. The maximum Gasteiger partial charge on any atom is 0.306 e. The van der Waals surface area contributed by atoms with Gasteiger partial charge in [0.25, 0.3) is 0 Å². The lowest BCUT2D eigenvalue weighted by Gasteiger charge is -2.18. The van der Waals surface area contributed by atoms with E-state index in [1.54, 1.807) is 0 Å². The van der Waals surface area contributed by atoms with Crippen LogP contribution in [0.2, 0.25) is 0 Å². The van der Waals surface area contributed by atoms with Crippen LogP contribution in [0.4, 0.5) is 13.2 Å². The molecule has 1 N–H and O–H groups in total. The van der Waals surface area contributed by atoms with Crippen molar-refractivity contribution in [1.82, 2.24) is 0 Å². The van der Waals surface area contributed by atoms with E-state index in [1.807, 2.05) is 0 Å². The SMILES string of the molecule is COCc1cc(=O)c(O)c(C(CC(=O)OC)c2cc(F)c(F)c(F)c2)o1. The quantitative estimate of drug-likeness (QED) is 0.620. The molecule has 2 rings (SSSR count). The number of carbonyl (C=O) groups excluding carboxylic acids is 1. The number of hydrogen-bond acceptors (Lipinski definition) is 6. The first-order valence-corrected chi connectivity index (χ1v) is 7.34. The normalized spacial score (nSPS) is 12.0. The Morgan fingerprint density at radius 3 is 2.35 bits per heavy atom. The van der Waals surface area contributed by atoms with E-state index in [0.717, 1.165) is 13.2 Å². The third-order valence-corrected chi connectivity index (χ3v) is 3.61. The van der Waals surface area contributed by atoms with Crippen molar-refractivity contribution in [3.05, 3.63) is 63.0 Å². The van der Waals surface area contributed by atoms with Gasteiger partial charge in [-0.3, -0.25) is 9.59 Å². The van der Waals surface area contributed by atoms with Crippen LogP contribution in [0, 0.1) is 17.5 Å². The summed E-state index contributed by atoms with van der Waals surface area (Å²) in [5, 5.41) is 10.0. The Bertz CT molecular complexity index is 854. The van der Waals surface area contributed by atoms with E-state index < -0.39 is 52.7 Å². The van der Waals surface area contributed by atoms with Crippen molar-refractivity contribution in [2.24, 2.45) is 0 Å². The molecule has 0 bridgehead atoms. The molecule has 0 saturated heterocycles. The highest BCUT2D eigenvalue weighted by molar-refractivity contribution is 5.71. The lowest BCUT2D eigenvalue weighted by molar-refractivity contribution is -0.140. The van der Waals surface area contributed by atoms with E-state index in [0.29, 0.717) is 12.1 Å². The minimum atomic E-state index is -1.69. The number of methoxy groups -OCH3 is 2. The van der Waals surface area contributed by atoms with Crippen LogP contribution in [0.5, 0.6) is 5.75 Å². The molecule has 6 nitrogen and oxygen atoms in total. The van der Waals surface area contributed by atoms with E-state index >= 15 is 0 Å². The van der Waals surface area contributed by atoms with Crippen LogP contribution in [-0.2, 0) is 20.9 Å². The molecule has 0 spiro atoms. The molecule has 1 unspecified atom stereocenters. The zero-order valence-electron chi connectivity index (χ0n) is 13.8. The number of carbonyl (C=O) groups is 1. The molecule has 0 fully saturated rings. The van der Waals surface area contributed by atoms with Crippen LogP contribution in [0.3, 0.4) is 0 Å². The summed E-state index contributed by atoms with van der Waals surface area (Å²) < 4.78 is 55.2. The van der Waals surface area contributed by atoms with Gasteiger partial charge in [0.2, 0.25) is 11.2 Å². The average Bonchev–Trinajstić information content (AvgIpc) is 2.60. The lowest BCUT2D eigenvalue weighted by atomic mass is 9.92. The van der Waals surface area contributed by atoms with Crippen LogP contribution in [-0.4, -0.2) is 25.3 Å². The fourth-order valence-corrected chi connectivity index (χ4v) is 2.39. The van der Waals surface area contributed by atoms with Crippen LogP contribution >= 0.6 is 0 Å². The summed E-state index contributed by atoms with van der Waals surface area (Å²) in [6, 6.07) is 2.27. The van der Waals surface area contributed by atoms with Gasteiger partial charge in [0.1, 0.15) is 12.4 Å². The summed E-state index contributed by atoms with van der Waals surface area (Å²) in [6.45, 7) is -0.125. The average molecular weight is 372 g/mol. The topological polar surface area (TPSA) is 86.0 Å². The van der Waals surface area contributed by atoms with Crippen molar-refractivity contribution in [2.75, 3.05) is 14.2 Å². The van der Waals surface area contributed by atoms with E-state index in [4.69, 9.17) is 9.15 Å². The summed E-state index contributed by atoms with van der Waals surface area (Å²) in [7, 11) is 2.42. The predicted molar refractivity (Wildman–Crippen MR) is 82.1 cm³/mol. The molecule has 140 valence electrons. The van der Waals surface area contributed by atoms with Crippen molar-refractivity contribution in [3.63, 3.8) is 0 Å². The van der Waals surface area contributed by atoms with Gasteiger partial charge in [-0.05, 0) is 17.7 Å². The molecule has 2 aromatic rings. The molecule has 1 atom stereocenters. The molecular formula is C17H15F3O6. The monoisotopic (exact) mass is 372 g/mol. The number of aromatic hydroxyl groups is 1. The first-order chi connectivity index (χ1) is 12.3. The highest BCUT2D eigenvalue weighted by Crippen LogP contribution is 2.34. The van der Waals surface area contributed by atoms with Gasteiger partial charge in [-0.2, -0.15) is 0 Å². The number of esters is 1. The molecule has 1 heterocycles. The van der Waals surface area contributed by atoms with Crippen LogP contribution < -0.4 is 5.43 Å². The summed E-state index contributed by atoms with van der Waals surface area (Å²) in [6.07, 6.45) is -0.520. The summed E-state index contributed by atoms with van der Waals surface area (Å²) in [5.41, 5.74) is -1.06. The van der Waals surface area contributed by atoms with Crippen molar-refractivity contribution in [1.29, 1.82) is 0 Å². The molecule has 0 aliphatic carbocycles. The standard InChI is InChI=1S/C17H15F3O6/c1-24-7-9-5-13(21)16(23)17(26-9)10(6-14(22)25-2)8-3-11(18)15(20)12(19)4-8/h3-5,10,23H,6-7H2,1-2H3. The minimum Gasteiger partial charge on any atom is -0.502 e. The molecule has 1 aromatic heterocycles. The van der Waals surface area contributed by atoms with E-state index in [1.165, 1.54) is 7.11 Å². The van der Waals surface area contributed by atoms with Crippen molar-refractivity contribution in [2.45, 2.75) is 18.9 Å². The van der Waals surface area contributed by atoms with Gasteiger partial charge >= 0.3 is 5.97 Å². The molecule has 0 radical (unpaired) electrons. The lowest BCUT2D eigenvalue weighted by Crippen LogP contribution is -2.15. The molecule has 9 heteroatoms. The molecule has 0 aliphatic heterocycles. The number of ether oxygens (including phenoxy) is 2. The molecular weight excluding hydrogens is 357 g/mol. The van der Waals surface area contributed by atoms with Crippen molar-refractivity contribution < 1.29 is 37.0 Å². The highest BCUT2D eigenvalue weighted by Gasteiger charge is 2.28. The number of benzene rings is 1. The molecule has 0 amide bonds. The third-order valence-electron chi connectivity index (χ3n) is 3.61. The maximum absolute atomic E-state index is 13.6. The highest BCUT2D eigenvalue weighted by atomic mass is 19.2. The first kappa shape index (κ1) is 19.5.